The largest absolute Gasteiger partial charge is 0.492 e. The Morgan fingerprint density at radius 1 is 1.00 bits per heavy atom. The lowest BCUT2D eigenvalue weighted by atomic mass is 10.0. The van der Waals surface area contributed by atoms with Crippen LogP contribution in [0, 0.1) is 6.92 Å². The molecule has 0 aliphatic carbocycles. The molecule has 5 heteroatoms. The summed E-state index contributed by atoms with van der Waals surface area (Å²) in [7, 11) is 0. The van der Waals surface area contributed by atoms with Gasteiger partial charge >= 0.3 is 0 Å². The van der Waals surface area contributed by atoms with Crippen LogP contribution in [0.3, 0.4) is 0 Å². The highest BCUT2D eigenvalue weighted by molar-refractivity contribution is 5.95. The van der Waals surface area contributed by atoms with Crippen molar-refractivity contribution in [3.05, 3.63) is 95.3 Å². The van der Waals surface area contributed by atoms with Crippen molar-refractivity contribution in [3.63, 3.8) is 0 Å². The van der Waals surface area contributed by atoms with Crippen molar-refractivity contribution in [1.29, 1.82) is 0 Å². The summed E-state index contributed by atoms with van der Waals surface area (Å²) in [6.07, 6.45) is 1.60. The van der Waals surface area contributed by atoms with E-state index in [1.54, 1.807) is 0 Å². The topological polar surface area (TPSA) is 56.2 Å². The van der Waals surface area contributed by atoms with E-state index in [1.807, 2.05) is 61.5 Å². The molecule has 1 N–H and O–H groups in total. The second-order valence-corrected chi connectivity index (χ2v) is 8.91. The minimum absolute atomic E-state index is 0.0245. The van der Waals surface area contributed by atoms with Crippen LogP contribution >= 0.6 is 0 Å². The molecule has 4 rings (SSSR count). The molecule has 0 saturated carbocycles. The van der Waals surface area contributed by atoms with E-state index in [2.05, 4.69) is 41.9 Å². The fraction of sp³-hybridized carbons (Fsp3) is 0.310. The summed E-state index contributed by atoms with van der Waals surface area (Å²) in [5.41, 5.74) is 5.13. The third-order valence-corrected chi connectivity index (χ3v) is 6.12. The van der Waals surface area contributed by atoms with E-state index in [4.69, 9.17) is 9.72 Å². The molecule has 176 valence electrons. The number of para-hydroxylation sites is 2. The van der Waals surface area contributed by atoms with Gasteiger partial charge in [0.05, 0.1) is 17.6 Å². The number of nitrogens with one attached hydrogen (secondary N) is 1. The lowest BCUT2D eigenvalue weighted by Crippen LogP contribution is -2.25. The zero-order chi connectivity index (χ0) is 23.9. The van der Waals surface area contributed by atoms with Crippen LogP contribution in [0.5, 0.6) is 5.75 Å². The van der Waals surface area contributed by atoms with Gasteiger partial charge in [-0.15, -0.1) is 0 Å². The van der Waals surface area contributed by atoms with E-state index in [9.17, 15) is 4.79 Å². The number of fused-ring (bicyclic) bond motifs is 1. The number of aromatic nitrogens is 2. The van der Waals surface area contributed by atoms with Crippen LogP contribution in [-0.2, 0) is 13.0 Å². The molecular weight excluding hydrogens is 422 g/mol. The van der Waals surface area contributed by atoms with E-state index >= 15 is 0 Å². The van der Waals surface area contributed by atoms with Crippen molar-refractivity contribution >= 4 is 16.9 Å². The molecule has 5 nitrogen and oxygen atoms in total. The number of hydrogen-bond acceptors (Lipinski definition) is 3. The number of aryl methyl sites for hydroxylation is 2. The Hall–Kier alpha value is -3.60. The molecule has 0 atom stereocenters. The van der Waals surface area contributed by atoms with Gasteiger partial charge in [0, 0.05) is 18.5 Å². The minimum atomic E-state index is -0.0245. The number of hydrogen-bond donors (Lipinski definition) is 1. The van der Waals surface area contributed by atoms with Crippen molar-refractivity contribution in [2.45, 2.75) is 46.1 Å². The second kappa shape index (κ2) is 11.0. The molecule has 1 aromatic heterocycles. The highest BCUT2D eigenvalue weighted by Gasteiger charge is 2.12. The van der Waals surface area contributed by atoms with Gasteiger partial charge in [-0.05, 0) is 60.7 Å². The number of nitrogens with zero attached hydrogens (tertiary/aromatic N) is 2. The Morgan fingerprint density at radius 3 is 2.50 bits per heavy atom. The summed E-state index contributed by atoms with van der Waals surface area (Å²) in [6, 6.07) is 24.2. The van der Waals surface area contributed by atoms with Gasteiger partial charge in [-0.1, -0.05) is 56.3 Å². The Labute approximate surface area is 201 Å². The molecule has 0 aliphatic heterocycles. The SMILES string of the molecule is Cc1ccccc1C(=O)NCCCc1nc2ccccc2n1CCOc1ccc(C(C)C)cc1. The van der Waals surface area contributed by atoms with Crippen LogP contribution in [0.1, 0.15) is 53.5 Å². The van der Waals surface area contributed by atoms with Gasteiger partial charge in [0.1, 0.15) is 18.2 Å². The molecule has 0 fully saturated rings. The van der Waals surface area contributed by atoms with Crippen molar-refractivity contribution < 1.29 is 9.53 Å². The lowest BCUT2D eigenvalue weighted by molar-refractivity contribution is 0.0952. The predicted octanol–water partition coefficient (Wildman–Crippen LogP) is 5.91. The van der Waals surface area contributed by atoms with Gasteiger partial charge in [0.15, 0.2) is 0 Å². The van der Waals surface area contributed by atoms with Gasteiger partial charge in [-0.2, -0.15) is 0 Å². The van der Waals surface area contributed by atoms with Gasteiger partial charge < -0.3 is 14.6 Å². The number of benzene rings is 3. The fourth-order valence-electron chi connectivity index (χ4n) is 4.14. The summed E-state index contributed by atoms with van der Waals surface area (Å²) in [4.78, 5) is 17.3. The third kappa shape index (κ3) is 5.66. The molecule has 0 saturated heterocycles. The lowest BCUT2D eigenvalue weighted by Gasteiger charge is -2.12. The number of rotatable bonds is 10. The molecule has 3 aromatic carbocycles. The Morgan fingerprint density at radius 2 is 1.74 bits per heavy atom. The van der Waals surface area contributed by atoms with E-state index in [0.717, 1.165) is 53.1 Å². The van der Waals surface area contributed by atoms with Crippen molar-refractivity contribution in [2.24, 2.45) is 0 Å². The van der Waals surface area contributed by atoms with Crippen molar-refractivity contribution in [3.8, 4) is 5.75 Å². The number of ether oxygens (including phenoxy) is 1. The van der Waals surface area contributed by atoms with Crippen molar-refractivity contribution in [1.82, 2.24) is 14.9 Å². The molecule has 0 radical (unpaired) electrons. The number of carbonyl (C=O) groups is 1. The second-order valence-electron chi connectivity index (χ2n) is 8.91. The average molecular weight is 456 g/mol. The van der Waals surface area contributed by atoms with E-state index < -0.39 is 0 Å². The summed E-state index contributed by atoms with van der Waals surface area (Å²) >= 11 is 0. The van der Waals surface area contributed by atoms with Crippen molar-refractivity contribution in [2.75, 3.05) is 13.2 Å². The fourth-order valence-corrected chi connectivity index (χ4v) is 4.14. The first-order valence-electron chi connectivity index (χ1n) is 12.0. The maximum absolute atomic E-state index is 12.5. The Kier molecular flexibility index (Phi) is 7.63. The zero-order valence-electron chi connectivity index (χ0n) is 20.3. The van der Waals surface area contributed by atoms with Crippen LogP contribution in [0.15, 0.2) is 72.8 Å². The first kappa shape index (κ1) is 23.6. The molecule has 0 spiro atoms. The number of amides is 1. The summed E-state index contributed by atoms with van der Waals surface area (Å²) < 4.78 is 8.27. The smallest absolute Gasteiger partial charge is 0.251 e. The van der Waals surface area contributed by atoms with E-state index in [0.29, 0.717) is 19.1 Å². The first-order chi connectivity index (χ1) is 16.5. The molecule has 4 aromatic rings. The quantitative estimate of drug-likeness (QED) is 0.303. The highest BCUT2D eigenvalue weighted by atomic mass is 16.5. The third-order valence-electron chi connectivity index (χ3n) is 6.12. The van der Waals surface area contributed by atoms with Crippen LogP contribution in [-0.4, -0.2) is 28.6 Å². The molecule has 34 heavy (non-hydrogen) atoms. The normalized spacial score (nSPS) is 11.2. The van der Waals surface area contributed by atoms with Crippen LogP contribution in [0.4, 0.5) is 0 Å². The molecule has 0 unspecified atom stereocenters. The highest BCUT2D eigenvalue weighted by Crippen LogP contribution is 2.20. The molecule has 0 aliphatic rings. The summed E-state index contributed by atoms with van der Waals surface area (Å²) in [5, 5.41) is 3.04. The summed E-state index contributed by atoms with van der Waals surface area (Å²) in [6.45, 7) is 8.23. The maximum atomic E-state index is 12.5. The monoisotopic (exact) mass is 455 g/mol. The van der Waals surface area contributed by atoms with Crippen LogP contribution in [0.25, 0.3) is 11.0 Å². The van der Waals surface area contributed by atoms with Crippen LogP contribution < -0.4 is 10.1 Å². The minimum Gasteiger partial charge on any atom is -0.492 e. The maximum Gasteiger partial charge on any atom is 0.251 e. The number of imidazole rings is 1. The molecular formula is C29H33N3O2. The first-order valence-corrected chi connectivity index (χ1v) is 12.0. The van der Waals surface area contributed by atoms with Gasteiger partial charge in [0.25, 0.3) is 5.91 Å². The summed E-state index contributed by atoms with van der Waals surface area (Å²) in [5.74, 6) is 2.39. The van der Waals surface area contributed by atoms with Gasteiger partial charge in [-0.25, -0.2) is 4.98 Å². The zero-order valence-corrected chi connectivity index (χ0v) is 20.3. The number of carbonyl (C=O) groups excluding carboxylic acids is 1. The van der Waals surface area contributed by atoms with Gasteiger partial charge in [-0.3, -0.25) is 4.79 Å². The predicted molar refractivity (Wildman–Crippen MR) is 138 cm³/mol. The van der Waals surface area contributed by atoms with E-state index in [1.165, 1.54) is 5.56 Å². The Bertz CT molecular complexity index is 1240. The standard InChI is InChI=1S/C29H33N3O2/c1-21(2)23-14-16-24(17-15-23)34-20-19-32-27-12-7-6-11-26(27)31-28(32)13-8-18-30-29(33)25-10-5-4-9-22(25)3/h4-7,9-12,14-17,21H,8,13,18-20H2,1-3H3,(H,30,33). The van der Waals surface area contributed by atoms with E-state index in [-0.39, 0.29) is 5.91 Å². The Balaban J connectivity index is 1.36. The molecule has 1 amide bonds. The van der Waals surface area contributed by atoms with Crippen LogP contribution in [0.2, 0.25) is 0 Å². The van der Waals surface area contributed by atoms with Gasteiger partial charge in [0.2, 0.25) is 0 Å². The molecule has 0 bridgehead atoms. The average Bonchev–Trinajstić information content (AvgIpc) is 3.19. The molecule has 1 heterocycles.